The van der Waals surface area contributed by atoms with Crippen LogP contribution in [0.2, 0.25) is 0 Å². The predicted octanol–water partition coefficient (Wildman–Crippen LogP) is 4.08. The number of aryl methyl sites for hydroxylation is 3. The zero-order valence-corrected chi connectivity index (χ0v) is 16.6. The number of amides is 1. The fourth-order valence-electron chi connectivity index (χ4n) is 2.96. The van der Waals surface area contributed by atoms with E-state index < -0.39 is 6.10 Å². The molecule has 0 fully saturated rings. The lowest BCUT2D eigenvalue weighted by Gasteiger charge is -2.15. The lowest BCUT2D eigenvalue weighted by molar-refractivity contribution is -0.122. The molecule has 146 valence electrons. The summed E-state index contributed by atoms with van der Waals surface area (Å²) in [5, 5.41) is 10.5. The van der Waals surface area contributed by atoms with Crippen molar-refractivity contribution in [1.29, 1.82) is 0 Å². The average molecular weight is 381 g/mol. The third-order valence-electron chi connectivity index (χ3n) is 4.28. The van der Waals surface area contributed by atoms with Crippen LogP contribution in [0.4, 0.5) is 5.82 Å². The number of methoxy groups -OCH3 is 1. The van der Waals surface area contributed by atoms with Crippen LogP contribution in [0.3, 0.4) is 0 Å². The Morgan fingerprint density at radius 2 is 1.79 bits per heavy atom. The van der Waals surface area contributed by atoms with Gasteiger partial charge in [0, 0.05) is 5.56 Å². The highest BCUT2D eigenvalue weighted by molar-refractivity contribution is 5.96. The number of hydrogen-bond donors (Lipinski definition) is 1. The molecule has 0 spiro atoms. The molecule has 1 amide bonds. The van der Waals surface area contributed by atoms with E-state index in [2.05, 4.69) is 15.6 Å². The first-order chi connectivity index (χ1) is 13.4. The maximum Gasteiger partial charge on any atom is 0.266 e. The molecule has 3 rings (SSSR count). The van der Waals surface area contributed by atoms with Crippen LogP contribution >= 0.6 is 0 Å². The Bertz CT molecular complexity index is 977. The molecule has 0 aliphatic rings. The van der Waals surface area contributed by atoms with Gasteiger partial charge in [0.25, 0.3) is 5.91 Å². The van der Waals surface area contributed by atoms with Gasteiger partial charge in [0.15, 0.2) is 11.8 Å². The first kappa shape index (κ1) is 19.4. The van der Waals surface area contributed by atoms with Crippen LogP contribution in [0.25, 0.3) is 11.3 Å². The monoisotopic (exact) mass is 381 g/mol. The number of aromatic nitrogens is 2. The Hall–Kier alpha value is -3.35. The topological polar surface area (TPSA) is 86.5 Å². The number of rotatable bonds is 6. The number of ether oxygens (including phenoxy) is 2. The van der Waals surface area contributed by atoms with E-state index in [0.29, 0.717) is 11.4 Å². The van der Waals surface area contributed by atoms with E-state index in [9.17, 15) is 4.79 Å². The zero-order chi connectivity index (χ0) is 20.3. The molecule has 0 aliphatic carbocycles. The van der Waals surface area contributed by atoms with Crippen LogP contribution in [-0.4, -0.2) is 29.4 Å². The molecule has 0 bridgehead atoms. The van der Waals surface area contributed by atoms with Crippen LogP contribution in [0.15, 0.2) is 41.0 Å². The maximum atomic E-state index is 12.6. The summed E-state index contributed by atoms with van der Waals surface area (Å²) in [5.41, 5.74) is 4.28. The van der Waals surface area contributed by atoms with Crippen molar-refractivity contribution in [3.63, 3.8) is 0 Å². The number of nitrogens with zero attached hydrogens (tertiary/aromatic N) is 2. The van der Waals surface area contributed by atoms with Crippen LogP contribution in [0.1, 0.15) is 23.6 Å². The smallest absolute Gasteiger partial charge is 0.266 e. The maximum absolute atomic E-state index is 12.6. The molecule has 0 unspecified atom stereocenters. The van der Waals surface area contributed by atoms with Gasteiger partial charge in [-0.25, -0.2) is 4.63 Å². The molecule has 3 aromatic rings. The van der Waals surface area contributed by atoms with E-state index in [1.54, 1.807) is 14.0 Å². The first-order valence-electron chi connectivity index (χ1n) is 8.90. The van der Waals surface area contributed by atoms with Gasteiger partial charge in [0.2, 0.25) is 5.82 Å². The number of carbonyl (C=O) groups excluding carboxylic acids is 1. The lowest BCUT2D eigenvalue weighted by Crippen LogP contribution is -2.30. The molecule has 7 heteroatoms. The SMILES string of the molecule is COc1ccc(-c2nonc2NC(=O)[C@H](C)Oc2cc(C)cc(C)c2)cc1C. The Morgan fingerprint density at radius 3 is 2.43 bits per heavy atom. The summed E-state index contributed by atoms with van der Waals surface area (Å²) >= 11 is 0. The molecule has 0 saturated carbocycles. The van der Waals surface area contributed by atoms with Crippen molar-refractivity contribution in [2.45, 2.75) is 33.8 Å². The van der Waals surface area contributed by atoms with Gasteiger partial charge in [0.05, 0.1) is 7.11 Å². The summed E-state index contributed by atoms with van der Waals surface area (Å²) in [5.74, 6) is 1.30. The summed E-state index contributed by atoms with van der Waals surface area (Å²) in [6.45, 7) is 7.56. The van der Waals surface area contributed by atoms with Gasteiger partial charge < -0.3 is 14.8 Å². The van der Waals surface area contributed by atoms with Gasteiger partial charge in [0.1, 0.15) is 11.5 Å². The number of benzene rings is 2. The summed E-state index contributed by atoms with van der Waals surface area (Å²) in [7, 11) is 1.61. The predicted molar refractivity (Wildman–Crippen MR) is 106 cm³/mol. The van der Waals surface area contributed by atoms with E-state index in [-0.39, 0.29) is 11.7 Å². The van der Waals surface area contributed by atoms with Crippen LogP contribution in [0.5, 0.6) is 11.5 Å². The van der Waals surface area contributed by atoms with E-state index in [1.807, 2.05) is 57.2 Å². The number of nitrogens with one attached hydrogen (secondary N) is 1. The Labute approximate surface area is 163 Å². The molecule has 1 N–H and O–H groups in total. The Balaban J connectivity index is 1.74. The van der Waals surface area contributed by atoms with Crippen molar-refractivity contribution in [2.75, 3.05) is 12.4 Å². The summed E-state index contributed by atoms with van der Waals surface area (Å²) in [6, 6.07) is 11.4. The molecule has 7 nitrogen and oxygen atoms in total. The average Bonchev–Trinajstić information content (AvgIpc) is 3.08. The third kappa shape index (κ3) is 4.31. The van der Waals surface area contributed by atoms with Gasteiger partial charge in [-0.3, -0.25) is 4.79 Å². The molecule has 1 heterocycles. The molecular weight excluding hydrogens is 358 g/mol. The summed E-state index contributed by atoms with van der Waals surface area (Å²) in [6.07, 6.45) is -0.719. The second-order valence-electron chi connectivity index (χ2n) is 6.72. The van der Waals surface area contributed by atoms with E-state index >= 15 is 0 Å². The lowest BCUT2D eigenvalue weighted by atomic mass is 10.1. The number of anilines is 1. The van der Waals surface area contributed by atoms with Crippen molar-refractivity contribution in [2.24, 2.45) is 0 Å². The van der Waals surface area contributed by atoms with E-state index in [4.69, 9.17) is 14.1 Å². The number of hydrogen-bond acceptors (Lipinski definition) is 6. The number of carbonyl (C=O) groups is 1. The Kier molecular flexibility index (Phi) is 5.63. The Morgan fingerprint density at radius 1 is 1.07 bits per heavy atom. The van der Waals surface area contributed by atoms with Crippen molar-refractivity contribution >= 4 is 11.7 Å². The van der Waals surface area contributed by atoms with Crippen molar-refractivity contribution in [3.05, 3.63) is 53.1 Å². The molecule has 0 aliphatic heterocycles. The summed E-state index contributed by atoms with van der Waals surface area (Å²) in [4.78, 5) is 12.6. The molecule has 0 radical (unpaired) electrons. The fraction of sp³-hybridized carbons (Fsp3) is 0.286. The fourth-order valence-corrected chi connectivity index (χ4v) is 2.96. The van der Waals surface area contributed by atoms with Crippen LogP contribution in [-0.2, 0) is 4.79 Å². The van der Waals surface area contributed by atoms with E-state index in [0.717, 1.165) is 28.0 Å². The molecule has 1 aromatic heterocycles. The van der Waals surface area contributed by atoms with Crippen molar-refractivity contribution < 1.29 is 18.9 Å². The molecule has 1 atom stereocenters. The van der Waals surface area contributed by atoms with Crippen LogP contribution in [0, 0.1) is 20.8 Å². The van der Waals surface area contributed by atoms with E-state index in [1.165, 1.54) is 0 Å². The minimum absolute atomic E-state index is 0.241. The zero-order valence-electron chi connectivity index (χ0n) is 16.6. The molecule has 2 aromatic carbocycles. The van der Waals surface area contributed by atoms with Crippen LogP contribution < -0.4 is 14.8 Å². The summed E-state index contributed by atoms with van der Waals surface area (Å²) < 4.78 is 15.9. The highest BCUT2D eigenvalue weighted by Crippen LogP contribution is 2.29. The minimum atomic E-state index is -0.719. The minimum Gasteiger partial charge on any atom is -0.496 e. The van der Waals surface area contributed by atoms with Crippen molar-refractivity contribution in [1.82, 2.24) is 10.3 Å². The second-order valence-corrected chi connectivity index (χ2v) is 6.72. The first-order valence-corrected chi connectivity index (χ1v) is 8.90. The van der Waals surface area contributed by atoms with Gasteiger partial charge in [-0.05, 0) is 85.0 Å². The van der Waals surface area contributed by atoms with Crippen molar-refractivity contribution in [3.8, 4) is 22.8 Å². The highest BCUT2D eigenvalue weighted by Gasteiger charge is 2.21. The molecule has 0 saturated heterocycles. The highest BCUT2D eigenvalue weighted by atomic mass is 16.6. The van der Waals surface area contributed by atoms with Gasteiger partial charge in [-0.1, -0.05) is 6.07 Å². The quantitative estimate of drug-likeness (QED) is 0.692. The van der Waals surface area contributed by atoms with Gasteiger partial charge in [-0.2, -0.15) is 0 Å². The molecule has 28 heavy (non-hydrogen) atoms. The molecular formula is C21H23N3O4. The largest absolute Gasteiger partial charge is 0.496 e. The third-order valence-corrected chi connectivity index (χ3v) is 4.28. The second kappa shape index (κ2) is 8.12. The normalized spacial score (nSPS) is 11.8. The standard InChI is InChI=1S/C21H23N3O4/c1-12-8-13(2)10-17(9-12)27-15(4)21(25)22-20-19(23-28-24-20)16-6-7-18(26-5)14(3)11-16/h6-11,15H,1-5H3,(H,22,24,25)/t15-/m0/s1. The van der Waals surface area contributed by atoms with Gasteiger partial charge in [-0.15, -0.1) is 0 Å². The van der Waals surface area contributed by atoms with Gasteiger partial charge >= 0.3 is 0 Å².